The molecule has 0 aromatic rings. The van der Waals surface area contributed by atoms with E-state index >= 15 is 0 Å². The highest BCUT2D eigenvalue weighted by molar-refractivity contribution is 9.10. The normalized spacial score (nSPS) is 52.9. The minimum absolute atomic E-state index is 0.0809. The molecule has 28 heavy (non-hydrogen) atoms. The predicted molar refractivity (Wildman–Crippen MR) is 114 cm³/mol. The van der Waals surface area contributed by atoms with Gasteiger partial charge in [0.25, 0.3) is 0 Å². The Balaban J connectivity index is 1.59. The summed E-state index contributed by atoms with van der Waals surface area (Å²) in [5.74, 6) is 3.43. The zero-order valence-electron chi connectivity index (χ0n) is 18.2. The number of Topliss-reactive ketones (excluding diaryl/α,β-unsaturated/α-hetero) is 1. The lowest BCUT2D eigenvalue weighted by Gasteiger charge is -2.61. The van der Waals surface area contributed by atoms with E-state index in [0.717, 1.165) is 31.1 Å². The SMILES string of the molecule is CC(=O)O[C@H]1CC[C@@]2(C)[C@@H](CC[C@@H]3[C@@H]2CC[C@@]2(C)[C@H]3C[C@@H](C)[C@]2(Br)C(C)=O)C1. The lowest BCUT2D eigenvalue weighted by molar-refractivity contribution is -0.160. The molecule has 0 unspecified atom stereocenters. The molecule has 0 aromatic carbocycles. The first kappa shape index (κ1) is 20.9. The van der Waals surface area contributed by atoms with Crippen LogP contribution < -0.4 is 0 Å². The van der Waals surface area contributed by atoms with E-state index in [-0.39, 0.29) is 21.8 Å². The molecule has 0 spiro atoms. The molecule has 0 radical (unpaired) electrons. The van der Waals surface area contributed by atoms with Gasteiger partial charge in [0.05, 0.1) is 4.32 Å². The molecule has 4 aliphatic carbocycles. The van der Waals surface area contributed by atoms with Gasteiger partial charge < -0.3 is 4.74 Å². The van der Waals surface area contributed by atoms with E-state index in [1.807, 2.05) is 0 Å². The second-order valence-electron chi connectivity index (χ2n) is 11.0. The zero-order chi connectivity index (χ0) is 20.5. The number of carbonyl (C=O) groups is 2. The molecule has 4 rings (SSSR count). The number of halogens is 1. The molecule has 0 amide bonds. The van der Waals surface area contributed by atoms with Gasteiger partial charge in [0.1, 0.15) is 11.9 Å². The minimum atomic E-state index is -0.347. The molecule has 0 N–H and O–H groups in total. The van der Waals surface area contributed by atoms with Gasteiger partial charge in [0, 0.05) is 6.92 Å². The maximum Gasteiger partial charge on any atom is 0.302 e. The molecule has 0 aromatic heterocycles. The number of hydrogen-bond acceptors (Lipinski definition) is 3. The van der Waals surface area contributed by atoms with E-state index in [4.69, 9.17) is 4.74 Å². The summed E-state index contributed by atoms with van der Waals surface area (Å²) in [5.41, 5.74) is 0.454. The third-order valence-electron chi connectivity index (χ3n) is 9.97. The third kappa shape index (κ3) is 2.72. The highest BCUT2D eigenvalue weighted by Crippen LogP contribution is 2.71. The lowest BCUT2D eigenvalue weighted by atomic mass is 9.44. The van der Waals surface area contributed by atoms with Gasteiger partial charge in [-0.05, 0) is 98.7 Å². The highest BCUT2D eigenvalue weighted by Gasteiger charge is 2.68. The number of fused-ring (bicyclic) bond motifs is 5. The first-order valence-corrected chi connectivity index (χ1v) is 12.2. The van der Waals surface area contributed by atoms with Crippen molar-refractivity contribution in [2.24, 2.45) is 40.4 Å². The van der Waals surface area contributed by atoms with Crippen LogP contribution in [-0.2, 0) is 14.3 Å². The van der Waals surface area contributed by atoms with Crippen molar-refractivity contribution in [1.29, 1.82) is 0 Å². The van der Waals surface area contributed by atoms with E-state index in [1.54, 1.807) is 6.92 Å². The summed E-state index contributed by atoms with van der Waals surface area (Å²) in [5, 5.41) is 0. The first-order chi connectivity index (χ1) is 13.0. The Morgan fingerprint density at radius 2 is 1.68 bits per heavy atom. The van der Waals surface area contributed by atoms with Crippen LogP contribution in [0.3, 0.4) is 0 Å². The van der Waals surface area contributed by atoms with Crippen molar-refractivity contribution in [2.45, 2.75) is 96.4 Å². The molecule has 4 fully saturated rings. The van der Waals surface area contributed by atoms with Gasteiger partial charge >= 0.3 is 5.97 Å². The standard InChI is InChI=1S/C24H37BrO3/c1-14-12-21-19-7-6-17-13-18(28-16(3)27)8-10-22(17,4)20(19)9-11-23(21,5)24(14,25)15(2)26/h14,17-21H,6-13H2,1-5H3/t14-,17+,18+,19-,20+,21+,22+,23+,24+/m1/s1. The Bertz CT molecular complexity index is 677. The molecule has 158 valence electrons. The summed E-state index contributed by atoms with van der Waals surface area (Å²) in [6.07, 6.45) is 9.50. The molecule has 9 atom stereocenters. The van der Waals surface area contributed by atoms with Crippen molar-refractivity contribution in [1.82, 2.24) is 0 Å². The Hall–Kier alpha value is -0.380. The molecule has 4 heteroatoms. The van der Waals surface area contributed by atoms with Crippen LogP contribution in [0, 0.1) is 40.4 Å². The molecule has 0 aliphatic heterocycles. The molecule has 4 aliphatic rings. The van der Waals surface area contributed by atoms with E-state index in [1.165, 1.54) is 39.0 Å². The molecule has 3 nitrogen and oxygen atoms in total. The maximum absolute atomic E-state index is 12.7. The average Bonchev–Trinajstić information content (AvgIpc) is 2.83. The van der Waals surface area contributed by atoms with Gasteiger partial charge in [-0.25, -0.2) is 0 Å². The van der Waals surface area contributed by atoms with Crippen LogP contribution in [-0.4, -0.2) is 22.2 Å². The van der Waals surface area contributed by atoms with Crippen LogP contribution in [0.15, 0.2) is 0 Å². The van der Waals surface area contributed by atoms with Crippen LogP contribution >= 0.6 is 15.9 Å². The number of ether oxygens (including phenoxy) is 1. The Morgan fingerprint density at radius 1 is 0.964 bits per heavy atom. The number of alkyl halides is 1. The zero-order valence-corrected chi connectivity index (χ0v) is 19.8. The predicted octanol–water partition coefficient (Wildman–Crippen LogP) is 5.93. The van der Waals surface area contributed by atoms with Gasteiger partial charge in [-0.3, -0.25) is 9.59 Å². The molecular formula is C24H37BrO3. The minimum Gasteiger partial charge on any atom is -0.463 e. The summed E-state index contributed by atoms with van der Waals surface area (Å²) < 4.78 is 5.24. The maximum atomic E-state index is 12.7. The second-order valence-corrected chi connectivity index (χ2v) is 12.3. The third-order valence-corrected chi connectivity index (χ3v) is 12.2. The average molecular weight is 453 g/mol. The monoisotopic (exact) mass is 452 g/mol. The fourth-order valence-electron chi connectivity index (χ4n) is 8.62. The Kier molecular flexibility index (Phi) is 5.08. The number of carbonyl (C=O) groups excluding carboxylic acids is 2. The molecule has 0 bridgehead atoms. The molecular weight excluding hydrogens is 416 g/mol. The van der Waals surface area contributed by atoms with Crippen LogP contribution in [0.5, 0.6) is 0 Å². The fourth-order valence-corrected chi connectivity index (χ4v) is 9.30. The van der Waals surface area contributed by atoms with Crippen molar-refractivity contribution in [3.63, 3.8) is 0 Å². The summed E-state index contributed by atoms with van der Waals surface area (Å²) >= 11 is 4.01. The van der Waals surface area contributed by atoms with Crippen molar-refractivity contribution < 1.29 is 14.3 Å². The Labute approximate surface area is 178 Å². The van der Waals surface area contributed by atoms with E-state index in [9.17, 15) is 9.59 Å². The largest absolute Gasteiger partial charge is 0.463 e. The number of esters is 1. The number of hydrogen-bond donors (Lipinski definition) is 0. The smallest absolute Gasteiger partial charge is 0.302 e. The highest BCUT2D eigenvalue weighted by atomic mass is 79.9. The summed E-state index contributed by atoms with van der Waals surface area (Å²) in [4.78, 5) is 24.2. The van der Waals surface area contributed by atoms with Crippen LogP contribution in [0.2, 0.25) is 0 Å². The van der Waals surface area contributed by atoms with Gasteiger partial charge in [-0.1, -0.05) is 36.7 Å². The van der Waals surface area contributed by atoms with Crippen LogP contribution in [0.4, 0.5) is 0 Å². The number of rotatable bonds is 2. The van der Waals surface area contributed by atoms with Crippen molar-refractivity contribution in [2.75, 3.05) is 0 Å². The lowest BCUT2D eigenvalue weighted by Crippen LogP contribution is -2.57. The van der Waals surface area contributed by atoms with Gasteiger partial charge in [0.2, 0.25) is 0 Å². The van der Waals surface area contributed by atoms with Gasteiger partial charge in [0.15, 0.2) is 0 Å². The first-order valence-electron chi connectivity index (χ1n) is 11.4. The summed E-state index contributed by atoms with van der Waals surface area (Å²) in [6.45, 7) is 10.5. The second kappa shape index (κ2) is 6.82. The quantitative estimate of drug-likeness (QED) is 0.385. The van der Waals surface area contributed by atoms with Crippen LogP contribution in [0.1, 0.15) is 86.0 Å². The molecule has 0 saturated heterocycles. The summed E-state index contributed by atoms with van der Waals surface area (Å²) in [6, 6.07) is 0. The molecule has 4 saturated carbocycles. The summed E-state index contributed by atoms with van der Waals surface area (Å²) in [7, 11) is 0. The van der Waals surface area contributed by atoms with E-state index in [2.05, 4.69) is 36.7 Å². The fraction of sp³-hybridized carbons (Fsp3) is 0.917. The van der Waals surface area contributed by atoms with Crippen LogP contribution in [0.25, 0.3) is 0 Å². The van der Waals surface area contributed by atoms with Crippen molar-refractivity contribution in [3.05, 3.63) is 0 Å². The van der Waals surface area contributed by atoms with E-state index < -0.39 is 0 Å². The van der Waals surface area contributed by atoms with Crippen molar-refractivity contribution in [3.8, 4) is 0 Å². The van der Waals surface area contributed by atoms with Crippen molar-refractivity contribution >= 4 is 27.7 Å². The van der Waals surface area contributed by atoms with Gasteiger partial charge in [-0.2, -0.15) is 0 Å². The van der Waals surface area contributed by atoms with Gasteiger partial charge in [-0.15, -0.1) is 0 Å². The topological polar surface area (TPSA) is 43.4 Å². The molecule has 0 heterocycles. The number of ketones is 1. The van der Waals surface area contributed by atoms with E-state index in [0.29, 0.717) is 29.0 Å². The Morgan fingerprint density at radius 3 is 2.32 bits per heavy atom.